The Labute approximate surface area is 189 Å². The van der Waals surface area contributed by atoms with Crippen LogP contribution in [0.3, 0.4) is 0 Å². The molecule has 1 heterocycles. The highest BCUT2D eigenvalue weighted by molar-refractivity contribution is 7.99. The average Bonchev–Trinajstić information content (AvgIpc) is 3.14. The van der Waals surface area contributed by atoms with Crippen LogP contribution >= 0.6 is 11.8 Å². The van der Waals surface area contributed by atoms with Crippen molar-refractivity contribution in [2.75, 3.05) is 5.75 Å². The summed E-state index contributed by atoms with van der Waals surface area (Å²) in [6.45, 7) is 11.3. The van der Waals surface area contributed by atoms with Crippen molar-refractivity contribution in [2.24, 2.45) is 0 Å². The van der Waals surface area contributed by atoms with Gasteiger partial charge in [0.05, 0.1) is 12.3 Å². The molecule has 5 nitrogen and oxygen atoms in total. The molecule has 1 N–H and O–H groups in total. The van der Waals surface area contributed by atoms with Gasteiger partial charge in [0.25, 0.3) is 0 Å². The second-order valence-electron chi connectivity index (χ2n) is 8.87. The number of rotatable bonds is 8. The number of hydrogen-bond donors (Lipinski definition) is 1. The average molecular weight is 437 g/mol. The lowest BCUT2D eigenvalue weighted by Crippen LogP contribution is -2.33. The minimum absolute atomic E-state index is 0.0182. The Morgan fingerprint density at radius 3 is 2.35 bits per heavy atom. The van der Waals surface area contributed by atoms with Crippen LogP contribution in [0.1, 0.15) is 52.2 Å². The number of carbonyl (C=O) groups excluding carboxylic acids is 1. The Hall–Kier alpha value is -2.60. The van der Waals surface area contributed by atoms with Gasteiger partial charge in [-0.25, -0.2) is 0 Å². The third-order valence-corrected chi connectivity index (χ3v) is 6.23. The van der Waals surface area contributed by atoms with Crippen LogP contribution in [0.5, 0.6) is 0 Å². The van der Waals surface area contributed by atoms with E-state index >= 15 is 0 Å². The van der Waals surface area contributed by atoms with Crippen LogP contribution in [-0.4, -0.2) is 32.5 Å². The molecule has 0 aliphatic heterocycles. The Morgan fingerprint density at radius 2 is 1.74 bits per heavy atom. The normalized spacial score (nSPS) is 12.5. The van der Waals surface area contributed by atoms with E-state index in [1.165, 1.54) is 22.9 Å². The standard InChI is InChI=1S/C25H32N4OS/c1-6-18(2)26-22(30)17-31-24-28-27-23(29(24)16-19-10-8-7-9-11-19)20-12-14-21(15-13-20)25(3,4)5/h7-15,18H,6,16-17H2,1-5H3,(H,26,30). The molecule has 3 rings (SSSR count). The minimum Gasteiger partial charge on any atom is -0.353 e. The van der Waals surface area contributed by atoms with Gasteiger partial charge in [0, 0.05) is 11.6 Å². The molecule has 6 heteroatoms. The maximum atomic E-state index is 12.3. The fourth-order valence-corrected chi connectivity index (χ4v) is 3.93. The quantitative estimate of drug-likeness (QED) is 0.487. The van der Waals surface area contributed by atoms with E-state index in [2.05, 4.69) is 84.2 Å². The van der Waals surface area contributed by atoms with Crippen molar-refractivity contribution in [3.63, 3.8) is 0 Å². The largest absolute Gasteiger partial charge is 0.353 e. The van der Waals surface area contributed by atoms with Crippen LogP contribution in [0.4, 0.5) is 0 Å². The van der Waals surface area contributed by atoms with E-state index in [1.807, 2.05) is 25.1 Å². The van der Waals surface area contributed by atoms with Crippen molar-refractivity contribution in [1.82, 2.24) is 20.1 Å². The SMILES string of the molecule is CCC(C)NC(=O)CSc1nnc(-c2ccc(C(C)(C)C)cc2)n1Cc1ccccc1. The van der Waals surface area contributed by atoms with Gasteiger partial charge in [0.2, 0.25) is 5.91 Å². The van der Waals surface area contributed by atoms with Crippen molar-refractivity contribution in [2.45, 2.75) is 64.2 Å². The molecular weight excluding hydrogens is 404 g/mol. The Kier molecular flexibility index (Phi) is 7.55. The van der Waals surface area contributed by atoms with Crippen molar-refractivity contribution in [1.29, 1.82) is 0 Å². The molecular formula is C25H32N4OS. The highest BCUT2D eigenvalue weighted by atomic mass is 32.2. The summed E-state index contributed by atoms with van der Waals surface area (Å²) in [7, 11) is 0. The predicted molar refractivity (Wildman–Crippen MR) is 128 cm³/mol. The van der Waals surface area contributed by atoms with E-state index in [0.29, 0.717) is 12.3 Å². The molecule has 3 aromatic rings. The number of thioether (sulfide) groups is 1. The Bertz CT molecular complexity index is 991. The zero-order chi connectivity index (χ0) is 22.4. The first-order valence-electron chi connectivity index (χ1n) is 10.8. The predicted octanol–water partition coefficient (Wildman–Crippen LogP) is 5.30. The van der Waals surface area contributed by atoms with Crippen LogP contribution in [-0.2, 0) is 16.8 Å². The summed E-state index contributed by atoms with van der Waals surface area (Å²) in [5.74, 6) is 1.15. The zero-order valence-corrected chi connectivity index (χ0v) is 19.9. The van der Waals surface area contributed by atoms with Gasteiger partial charge >= 0.3 is 0 Å². The first-order valence-corrected chi connectivity index (χ1v) is 11.8. The van der Waals surface area contributed by atoms with E-state index in [-0.39, 0.29) is 17.4 Å². The smallest absolute Gasteiger partial charge is 0.230 e. The highest BCUT2D eigenvalue weighted by Crippen LogP contribution is 2.28. The molecule has 0 saturated heterocycles. The van der Waals surface area contributed by atoms with E-state index < -0.39 is 0 Å². The topological polar surface area (TPSA) is 59.8 Å². The Balaban J connectivity index is 1.87. The van der Waals surface area contributed by atoms with E-state index in [0.717, 1.165) is 23.0 Å². The van der Waals surface area contributed by atoms with Crippen LogP contribution in [0.25, 0.3) is 11.4 Å². The number of amides is 1. The monoisotopic (exact) mass is 436 g/mol. The summed E-state index contributed by atoms with van der Waals surface area (Å²) < 4.78 is 2.10. The lowest BCUT2D eigenvalue weighted by molar-refractivity contribution is -0.119. The van der Waals surface area contributed by atoms with Gasteiger partial charge in [0.1, 0.15) is 0 Å². The maximum absolute atomic E-state index is 12.3. The zero-order valence-electron chi connectivity index (χ0n) is 19.1. The molecule has 1 aromatic heterocycles. The molecule has 0 bridgehead atoms. The molecule has 0 aliphatic rings. The van der Waals surface area contributed by atoms with E-state index in [1.54, 1.807) is 0 Å². The molecule has 164 valence electrons. The summed E-state index contributed by atoms with van der Waals surface area (Å²) in [5.41, 5.74) is 3.56. The van der Waals surface area contributed by atoms with Gasteiger partial charge in [-0.2, -0.15) is 0 Å². The second-order valence-corrected chi connectivity index (χ2v) is 9.81. The molecule has 1 atom stereocenters. The fraction of sp³-hybridized carbons (Fsp3) is 0.400. The molecule has 0 saturated carbocycles. The summed E-state index contributed by atoms with van der Waals surface area (Å²) in [6.07, 6.45) is 0.912. The maximum Gasteiger partial charge on any atom is 0.230 e. The van der Waals surface area contributed by atoms with Gasteiger partial charge in [0.15, 0.2) is 11.0 Å². The number of hydrogen-bond acceptors (Lipinski definition) is 4. The second kappa shape index (κ2) is 10.1. The third-order valence-electron chi connectivity index (χ3n) is 5.26. The molecule has 0 radical (unpaired) electrons. The van der Waals surface area contributed by atoms with E-state index in [4.69, 9.17) is 0 Å². The van der Waals surface area contributed by atoms with Crippen molar-refractivity contribution >= 4 is 17.7 Å². The van der Waals surface area contributed by atoms with Gasteiger partial charge in [-0.1, -0.05) is 94.1 Å². The Morgan fingerprint density at radius 1 is 1.06 bits per heavy atom. The number of nitrogens with one attached hydrogen (secondary N) is 1. The molecule has 1 unspecified atom stereocenters. The molecule has 31 heavy (non-hydrogen) atoms. The summed E-state index contributed by atoms with van der Waals surface area (Å²) in [4.78, 5) is 12.3. The molecule has 0 spiro atoms. The van der Waals surface area contributed by atoms with Crippen molar-refractivity contribution in [3.8, 4) is 11.4 Å². The van der Waals surface area contributed by atoms with Crippen LogP contribution in [0.2, 0.25) is 0 Å². The summed E-state index contributed by atoms with van der Waals surface area (Å²) >= 11 is 1.43. The number of carbonyl (C=O) groups is 1. The van der Waals surface area contributed by atoms with Crippen LogP contribution in [0.15, 0.2) is 59.8 Å². The summed E-state index contributed by atoms with van der Waals surface area (Å²) in [6, 6.07) is 19.0. The van der Waals surface area contributed by atoms with Crippen molar-refractivity contribution < 1.29 is 4.79 Å². The minimum atomic E-state index is 0.0182. The van der Waals surface area contributed by atoms with Crippen LogP contribution < -0.4 is 5.32 Å². The lowest BCUT2D eigenvalue weighted by Gasteiger charge is -2.19. The van der Waals surface area contributed by atoms with E-state index in [9.17, 15) is 4.79 Å². The fourth-order valence-electron chi connectivity index (χ4n) is 3.19. The first-order chi connectivity index (χ1) is 14.8. The number of benzene rings is 2. The lowest BCUT2D eigenvalue weighted by atomic mass is 9.87. The van der Waals surface area contributed by atoms with Gasteiger partial charge in [-0.15, -0.1) is 10.2 Å². The number of nitrogens with zero attached hydrogens (tertiary/aromatic N) is 3. The van der Waals surface area contributed by atoms with Gasteiger partial charge in [-0.3, -0.25) is 9.36 Å². The molecule has 1 amide bonds. The van der Waals surface area contributed by atoms with Gasteiger partial charge < -0.3 is 5.32 Å². The van der Waals surface area contributed by atoms with Gasteiger partial charge in [-0.05, 0) is 29.9 Å². The van der Waals surface area contributed by atoms with Crippen LogP contribution in [0, 0.1) is 0 Å². The third kappa shape index (κ3) is 6.20. The summed E-state index contributed by atoms with van der Waals surface area (Å²) in [5, 5.41) is 12.7. The molecule has 0 fully saturated rings. The molecule has 2 aromatic carbocycles. The highest BCUT2D eigenvalue weighted by Gasteiger charge is 2.18. The number of aromatic nitrogens is 3. The van der Waals surface area contributed by atoms with Crippen molar-refractivity contribution in [3.05, 3.63) is 65.7 Å². The molecule has 0 aliphatic carbocycles. The first kappa shape index (κ1) is 23.1.